The number of aromatic nitrogens is 2. The minimum atomic E-state index is -0.181. The molecule has 1 saturated heterocycles. The second-order valence-corrected chi connectivity index (χ2v) is 6.83. The minimum Gasteiger partial charge on any atom is -0.493 e. The molecule has 1 aromatic carbocycles. The van der Waals surface area contributed by atoms with Crippen molar-refractivity contribution in [3.8, 4) is 23.0 Å². The van der Waals surface area contributed by atoms with Crippen molar-refractivity contribution in [2.24, 2.45) is 11.8 Å². The monoisotopic (exact) mass is 371 g/mol. The van der Waals surface area contributed by atoms with E-state index >= 15 is 0 Å². The Bertz CT molecular complexity index is 854. The van der Waals surface area contributed by atoms with Crippen LogP contribution in [0.15, 0.2) is 22.6 Å². The van der Waals surface area contributed by atoms with Gasteiger partial charge in [0.2, 0.25) is 23.6 Å². The highest BCUT2D eigenvalue weighted by Gasteiger charge is 2.48. The Morgan fingerprint density at radius 1 is 1.04 bits per heavy atom. The lowest BCUT2D eigenvalue weighted by atomic mass is 9.81. The van der Waals surface area contributed by atoms with Gasteiger partial charge in [0.15, 0.2) is 11.5 Å². The zero-order valence-electron chi connectivity index (χ0n) is 15.3. The number of imide groups is 1. The Balaban J connectivity index is 1.53. The fourth-order valence-corrected chi connectivity index (χ4v) is 3.93. The molecule has 1 saturated carbocycles. The molecule has 2 aromatic rings. The first-order chi connectivity index (χ1) is 13.1. The molecule has 27 heavy (non-hydrogen) atoms. The number of carbonyl (C=O) groups is 2. The van der Waals surface area contributed by atoms with Crippen molar-refractivity contribution in [1.29, 1.82) is 0 Å². The Morgan fingerprint density at radius 3 is 2.33 bits per heavy atom. The molecule has 1 aliphatic carbocycles. The zero-order chi connectivity index (χ0) is 19.0. The molecule has 0 N–H and O–H groups in total. The highest BCUT2D eigenvalue weighted by molar-refractivity contribution is 6.05. The molecule has 0 bridgehead atoms. The van der Waals surface area contributed by atoms with E-state index in [2.05, 4.69) is 10.2 Å². The summed E-state index contributed by atoms with van der Waals surface area (Å²) in [6.45, 7) is 0.0188. The third-order valence-corrected chi connectivity index (χ3v) is 5.32. The summed E-state index contributed by atoms with van der Waals surface area (Å²) in [7, 11) is 3.11. The average molecular weight is 371 g/mol. The second-order valence-electron chi connectivity index (χ2n) is 6.83. The van der Waals surface area contributed by atoms with E-state index in [4.69, 9.17) is 13.9 Å². The van der Waals surface area contributed by atoms with Gasteiger partial charge < -0.3 is 13.9 Å². The lowest BCUT2D eigenvalue weighted by Crippen LogP contribution is -2.30. The second kappa shape index (κ2) is 7.02. The van der Waals surface area contributed by atoms with Gasteiger partial charge >= 0.3 is 0 Å². The standard InChI is InChI=1S/C19H21N3O5/c1-25-14-8-7-11(9-15(14)26-2)17-21-20-16(27-17)10-22-18(23)12-5-3-4-6-13(12)19(22)24/h7-9,12-13H,3-6,10H2,1-2H3/t12-,13-/m0/s1. The molecule has 0 spiro atoms. The number of hydrogen-bond donors (Lipinski definition) is 0. The Hall–Kier alpha value is -2.90. The molecule has 4 rings (SSSR count). The normalized spacial score (nSPS) is 22.1. The van der Waals surface area contributed by atoms with E-state index in [1.54, 1.807) is 32.4 Å². The topological polar surface area (TPSA) is 94.8 Å². The predicted octanol–water partition coefficient (Wildman–Crippen LogP) is 2.43. The minimum absolute atomic E-state index is 0.0188. The van der Waals surface area contributed by atoms with Crippen LogP contribution in [0.1, 0.15) is 31.6 Å². The number of fused-ring (bicyclic) bond motifs is 1. The number of ether oxygens (including phenoxy) is 2. The number of carbonyl (C=O) groups excluding carboxylic acids is 2. The zero-order valence-corrected chi connectivity index (χ0v) is 15.3. The lowest BCUT2D eigenvalue weighted by molar-refractivity contribution is -0.141. The van der Waals surface area contributed by atoms with Gasteiger partial charge in [-0.25, -0.2) is 0 Å². The van der Waals surface area contributed by atoms with Crippen molar-refractivity contribution < 1.29 is 23.5 Å². The van der Waals surface area contributed by atoms with Crippen molar-refractivity contribution in [3.63, 3.8) is 0 Å². The maximum atomic E-state index is 12.6. The molecule has 8 nitrogen and oxygen atoms in total. The molecular formula is C19H21N3O5. The molecule has 2 fully saturated rings. The van der Waals surface area contributed by atoms with Gasteiger partial charge in [0.1, 0.15) is 6.54 Å². The number of amides is 2. The van der Waals surface area contributed by atoms with Gasteiger partial charge in [-0.2, -0.15) is 0 Å². The number of methoxy groups -OCH3 is 2. The SMILES string of the molecule is COc1ccc(-c2nnc(CN3C(=O)[C@H]4CCCC[C@@H]4C3=O)o2)cc1OC. The first-order valence-corrected chi connectivity index (χ1v) is 9.02. The quantitative estimate of drug-likeness (QED) is 0.745. The third kappa shape index (κ3) is 3.05. The first kappa shape index (κ1) is 17.5. The van der Waals surface area contributed by atoms with Gasteiger partial charge in [-0.15, -0.1) is 10.2 Å². The fourth-order valence-electron chi connectivity index (χ4n) is 3.93. The molecule has 2 amide bonds. The third-order valence-electron chi connectivity index (χ3n) is 5.32. The van der Waals surface area contributed by atoms with Gasteiger partial charge in [0, 0.05) is 5.56 Å². The number of likely N-dealkylation sites (tertiary alicyclic amines) is 1. The molecule has 2 aliphatic rings. The summed E-state index contributed by atoms with van der Waals surface area (Å²) >= 11 is 0. The predicted molar refractivity (Wildman–Crippen MR) is 93.8 cm³/mol. The summed E-state index contributed by atoms with van der Waals surface area (Å²) in [5.41, 5.74) is 0.666. The molecule has 142 valence electrons. The van der Waals surface area contributed by atoms with Crippen LogP contribution in [0.2, 0.25) is 0 Å². The van der Waals surface area contributed by atoms with Crippen LogP contribution in [0.5, 0.6) is 11.5 Å². The van der Waals surface area contributed by atoms with Gasteiger partial charge in [-0.05, 0) is 31.0 Å². The maximum Gasteiger partial charge on any atom is 0.247 e. The smallest absolute Gasteiger partial charge is 0.247 e. The summed E-state index contributed by atoms with van der Waals surface area (Å²) in [6, 6.07) is 5.26. The summed E-state index contributed by atoms with van der Waals surface area (Å²) in [6.07, 6.45) is 3.56. The van der Waals surface area contributed by atoms with Crippen molar-refractivity contribution >= 4 is 11.8 Å². The Labute approximate surface area is 156 Å². The molecule has 2 heterocycles. The maximum absolute atomic E-state index is 12.6. The van der Waals surface area contributed by atoms with E-state index in [0.29, 0.717) is 23.0 Å². The number of rotatable bonds is 5. The Kier molecular flexibility index (Phi) is 4.55. The van der Waals surface area contributed by atoms with Crippen LogP contribution in [0.3, 0.4) is 0 Å². The molecule has 2 atom stereocenters. The summed E-state index contributed by atoms with van der Waals surface area (Å²) in [4.78, 5) is 26.4. The highest BCUT2D eigenvalue weighted by Crippen LogP contribution is 2.38. The lowest BCUT2D eigenvalue weighted by Gasteiger charge is -2.19. The van der Waals surface area contributed by atoms with Crippen molar-refractivity contribution in [3.05, 3.63) is 24.1 Å². The fraction of sp³-hybridized carbons (Fsp3) is 0.474. The van der Waals surface area contributed by atoms with Gasteiger partial charge in [-0.3, -0.25) is 14.5 Å². The van der Waals surface area contributed by atoms with Crippen molar-refractivity contribution in [2.45, 2.75) is 32.2 Å². The number of nitrogens with zero attached hydrogens (tertiary/aromatic N) is 3. The van der Waals surface area contributed by atoms with Gasteiger partial charge in [-0.1, -0.05) is 12.8 Å². The molecule has 0 radical (unpaired) electrons. The van der Waals surface area contributed by atoms with Crippen molar-refractivity contribution in [1.82, 2.24) is 15.1 Å². The van der Waals surface area contributed by atoms with E-state index < -0.39 is 0 Å². The van der Waals surface area contributed by atoms with E-state index in [-0.39, 0.29) is 36.1 Å². The first-order valence-electron chi connectivity index (χ1n) is 9.02. The van der Waals surface area contributed by atoms with E-state index in [1.807, 2.05) is 0 Å². The summed E-state index contributed by atoms with van der Waals surface area (Å²) < 4.78 is 16.2. The van der Waals surface area contributed by atoms with Crippen LogP contribution in [0, 0.1) is 11.8 Å². The summed E-state index contributed by atoms with van der Waals surface area (Å²) in [5, 5.41) is 8.04. The highest BCUT2D eigenvalue weighted by atomic mass is 16.5. The van der Waals surface area contributed by atoms with Crippen LogP contribution in [0.4, 0.5) is 0 Å². The van der Waals surface area contributed by atoms with Crippen LogP contribution in [-0.4, -0.2) is 41.1 Å². The molecule has 1 aliphatic heterocycles. The summed E-state index contributed by atoms with van der Waals surface area (Å²) in [5.74, 6) is 1.08. The number of benzene rings is 1. The van der Waals surface area contributed by atoms with Crippen LogP contribution in [0.25, 0.3) is 11.5 Å². The molecule has 8 heteroatoms. The van der Waals surface area contributed by atoms with Crippen LogP contribution in [-0.2, 0) is 16.1 Å². The van der Waals surface area contributed by atoms with Crippen molar-refractivity contribution in [2.75, 3.05) is 14.2 Å². The van der Waals surface area contributed by atoms with Gasteiger partial charge in [0.25, 0.3) is 0 Å². The molecular weight excluding hydrogens is 350 g/mol. The van der Waals surface area contributed by atoms with E-state index in [1.165, 1.54) is 4.90 Å². The van der Waals surface area contributed by atoms with E-state index in [9.17, 15) is 9.59 Å². The largest absolute Gasteiger partial charge is 0.493 e. The van der Waals surface area contributed by atoms with Crippen LogP contribution >= 0.6 is 0 Å². The van der Waals surface area contributed by atoms with Gasteiger partial charge in [0.05, 0.1) is 26.1 Å². The van der Waals surface area contributed by atoms with Crippen LogP contribution < -0.4 is 9.47 Å². The Morgan fingerprint density at radius 2 is 1.70 bits per heavy atom. The van der Waals surface area contributed by atoms with E-state index in [0.717, 1.165) is 25.7 Å². The molecule has 0 unspecified atom stereocenters. The molecule has 1 aromatic heterocycles. The number of hydrogen-bond acceptors (Lipinski definition) is 7. The average Bonchev–Trinajstić information content (AvgIpc) is 3.27.